The van der Waals surface area contributed by atoms with E-state index in [9.17, 15) is 4.79 Å². The molecule has 1 aromatic rings. The summed E-state index contributed by atoms with van der Waals surface area (Å²) < 4.78 is 2.31. The fourth-order valence-electron chi connectivity index (χ4n) is 1.87. The van der Waals surface area contributed by atoms with Gasteiger partial charge in [0.15, 0.2) is 5.82 Å². The quantitative estimate of drug-likeness (QED) is 0.890. The maximum absolute atomic E-state index is 11.9. The molecule has 0 atom stereocenters. The highest BCUT2D eigenvalue weighted by Crippen LogP contribution is 2.16. The first-order valence-electron chi connectivity index (χ1n) is 5.43. The van der Waals surface area contributed by atoms with Crippen LogP contribution in [0.15, 0.2) is 10.7 Å². The van der Waals surface area contributed by atoms with Crippen LogP contribution in [0.5, 0.6) is 0 Å². The number of nitrogen functional groups attached to an aromatic ring is 1. The maximum Gasteiger partial charge on any atom is 0.244 e. The van der Waals surface area contributed by atoms with E-state index in [1.807, 2.05) is 4.90 Å². The molecule has 1 amide bonds. The van der Waals surface area contributed by atoms with Gasteiger partial charge in [0, 0.05) is 19.3 Å². The molecule has 88 valence electrons. The summed E-state index contributed by atoms with van der Waals surface area (Å²) in [5, 5.41) is 4.05. The molecule has 0 spiro atoms. The van der Waals surface area contributed by atoms with Crippen LogP contribution < -0.4 is 5.73 Å². The lowest BCUT2D eigenvalue weighted by Crippen LogP contribution is -2.37. The van der Waals surface area contributed by atoms with Crippen LogP contribution >= 0.6 is 15.9 Å². The van der Waals surface area contributed by atoms with Crippen LogP contribution in [0.1, 0.15) is 19.3 Å². The van der Waals surface area contributed by atoms with E-state index in [-0.39, 0.29) is 12.5 Å². The van der Waals surface area contributed by atoms with E-state index in [0.717, 1.165) is 30.4 Å². The Balaban J connectivity index is 1.95. The summed E-state index contributed by atoms with van der Waals surface area (Å²) in [5.41, 5.74) is 5.59. The second-order valence-corrected chi connectivity index (χ2v) is 4.86. The van der Waals surface area contributed by atoms with Crippen LogP contribution in [0.25, 0.3) is 0 Å². The normalized spacial score (nSPS) is 16.4. The van der Waals surface area contributed by atoms with E-state index in [2.05, 4.69) is 21.0 Å². The second kappa shape index (κ2) is 4.86. The highest BCUT2D eigenvalue weighted by Gasteiger charge is 2.17. The average molecular weight is 287 g/mol. The lowest BCUT2D eigenvalue weighted by atomic mass is 10.1. The molecule has 1 aliphatic heterocycles. The Kier molecular flexibility index (Phi) is 3.48. The molecule has 1 fully saturated rings. The highest BCUT2D eigenvalue weighted by atomic mass is 79.9. The molecule has 1 aromatic heterocycles. The molecular weight excluding hydrogens is 272 g/mol. The van der Waals surface area contributed by atoms with E-state index in [4.69, 9.17) is 5.73 Å². The van der Waals surface area contributed by atoms with Crippen molar-refractivity contribution >= 4 is 27.7 Å². The molecule has 6 heteroatoms. The number of halogens is 1. The summed E-state index contributed by atoms with van der Waals surface area (Å²) in [4.78, 5) is 13.8. The first-order valence-corrected chi connectivity index (χ1v) is 6.22. The average Bonchev–Trinajstić information content (AvgIpc) is 2.59. The maximum atomic E-state index is 11.9. The number of likely N-dealkylation sites (tertiary alicyclic amines) is 1. The topological polar surface area (TPSA) is 64.1 Å². The molecule has 16 heavy (non-hydrogen) atoms. The molecule has 1 saturated heterocycles. The Morgan fingerprint density at radius 1 is 1.44 bits per heavy atom. The third-order valence-corrected chi connectivity index (χ3v) is 3.36. The molecule has 0 unspecified atom stereocenters. The molecule has 5 nitrogen and oxygen atoms in total. The number of hydrogen-bond donors (Lipinski definition) is 1. The summed E-state index contributed by atoms with van der Waals surface area (Å²) in [6, 6.07) is 0. The number of hydrogen-bond acceptors (Lipinski definition) is 3. The summed E-state index contributed by atoms with van der Waals surface area (Å²) >= 11 is 3.27. The van der Waals surface area contributed by atoms with Crippen LogP contribution in [-0.4, -0.2) is 33.7 Å². The summed E-state index contributed by atoms with van der Waals surface area (Å²) in [7, 11) is 0. The van der Waals surface area contributed by atoms with Crippen LogP contribution in [0, 0.1) is 0 Å². The van der Waals surface area contributed by atoms with Gasteiger partial charge in [-0.15, -0.1) is 0 Å². The van der Waals surface area contributed by atoms with Gasteiger partial charge >= 0.3 is 0 Å². The molecule has 1 aliphatic rings. The van der Waals surface area contributed by atoms with E-state index < -0.39 is 0 Å². The fraction of sp³-hybridized carbons (Fsp3) is 0.600. The van der Waals surface area contributed by atoms with Gasteiger partial charge in [-0.3, -0.25) is 9.48 Å². The number of nitrogens with two attached hydrogens (primary N) is 1. The van der Waals surface area contributed by atoms with Gasteiger partial charge in [0.05, 0.1) is 4.47 Å². The zero-order valence-corrected chi connectivity index (χ0v) is 10.6. The summed E-state index contributed by atoms with van der Waals surface area (Å²) in [6.45, 7) is 2.02. The summed E-state index contributed by atoms with van der Waals surface area (Å²) in [6.07, 6.45) is 5.18. The van der Waals surface area contributed by atoms with Gasteiger partial charge in [-0.25, -0.2) is 0 Å². The van der Waals surface area contributed by atoms with Gasteiger partial charge in [-0.1, -0.05) is 0 Å². The number of carbonyl (C=O) groups excluding carboxylic acids is 1. The van der Waals surface area contributed by atoms with Gasteiger partial charge in [0.1, 0.15) is 6.54 Å². The SMILES string of the molecule is Nc1nn(CC(=O)N2CCCCC2)cc1Br. The fourth-order valence-corrected chi connectivity index (χ4v) is 2.19. The number of anilines is 1. The van der Waals surface area contributed by atoms with Crippen molar-refractivity contribution < 1.29 is 4.79 Å². The molecule has 0 aliphatic carbocycles. The zero-order valence-electron chi connectivity index (χ0n) is 9.03. The number of amides is 1. The van der Waals surface area contributed by atoms with Gasteiger partial charge in [0.2, 0.25) is 5.91 Å². The standard InChI is InChI=1S/C10H15BrN4O/c11-8-6-15(13-10(8)12)7-9(16)14-4-2-1-3-5-14/h6H,1-5,7H2,(H2,12,13). The first-order chi connectivity index (χ1) is 7.66. The summed E-state index contributed by atoms with van der Waals surface area (Å²) in [5.74, 6) is 0.543. The van der Waals surface area contributed by atoms with Crippen LogP contribution in [0.2, 0.25) is 0 Å². The Bertz CT molecular complexity index is 365. The van der Waals surface area contributed by atoms with Crippen molar-refractivity contribution in [1.29, 1.82) is 0 Å². The van der Waals surface area contributed by atoms with E-state index in [1.165, 1.54) is 6.42 Å². The molecule has 0 aromatic carbocycles. The van der Waals surface area contributed by atoms with Crippen LogP contribution in [0.4, 0.5) is 5.82 Å². The molecule has 0 bridgehead atoms. The lowest BCUT2D eigenvalue weighted by Gasteiger charge is -2.26. The Labute approximate surface area is 103 Å². The minimum Gasteiger partial charge on any atom is -0.381 e. The molecule has 2 rings (SSSR count). The third kappa shape index (κ3) is 2.55. The molecular formula is C10H15BrN4O. The van der Waals surface area contributed by atoms with Gasteiger partial charge in [-0.2, -0.15) is 5.10 Å². The van der Waals surface area contributed by atoms with Crippen molar-refractivity contribution in [1.82, 2.24) is 14.7 Å². The van der Waals surface area contributed by atoms with Crippen molar-refractivity contribution in [2.45, 2.75) is 25.8 Å². The third-order valence-electron chi connectivity index (χ3n) is 2.75. The van der Waals surface area contributed by atoms with Gasteiger partial charge in [-0.05, 0) is 35.2 Å². The van der Waals surface area contributed by atoms with E-state index in [0.29, 0.717) is 5.82 Å². The van der Waals surface area contributed by atoms with E-state index >= 15 is 0 Å². The smallest absolute Gasteiger partial charge is 0.244 e. The van der Waals surface area contributed by atoms with Gasteiger partial charge in [0.25, 0.3) is 0 Å². The highest BCUT2D eigenvalue weighted by molar-refractivity contribution is 9.10. The Morgan fingerprint density at radius 3 is 2.69 bits per heavy atom. The van der Waals surface area contributed by atoms with Crippen LogP contribution in [0.3, 0.4) is 0 Å². The monoisotopic (exact) mass is 286 g/mol. The van der Waals surface area contributed by atoms with Crippen molar-refractivity contribution in [3.05, 3.63) is 10.7 Å². The number of aromatic nitrogens is 2. The largest absolute Gasteiger partial charge is 0.381 e. The Hall–Kier alpha value is -1.04. The zero-order chi connectivity index (χ0) is 11.5. The lowest BCUT2D eigenvalue weighted by molar-refractivity contribution is -0.132. The molecule has 0 saturated carbocycles. The number of piperidine rings is 1. The first kappa shape index (κ1) is 11.4. The number of rotatable bonds is 2. The van der Waals surface area contributed by atoms with E-state index in [1.54, 1.807) is 10.9 Å². The Morgan fingerprint density at radius 2 is 2.12 bits per heavy atom. The second-order valence-electron chi connectivity index (χ2n) is 4.00. The van der Waals surface area contributed by atoms with Crippen molar-refractivity contribution in [3.63, 3.8) is 0 Å². The molecule has 2 N–H and O–H groups in total. The number of nitrogens with zero attached hydrogens (tertiary/aromatic N) is 3. The predicted octanol–water partition coefficient (Wildman–Crippen LogP) is 1.24. The minimum atomic E-state index is 0.120. The van der Waals surface area contributed by atoms with Crippen molar-refractivity contribution in [3.8, 4) is 0 Å². The van der Waals surface area contributed by atoms with Crippen molar-refractivity contribution in [2.75, 3.05) is 18.8 Å². The number of carbonyl (C=O) groups is 1. The van der Waals surface area contributed by atoms with Crippen LogP contribution in [-0.2, 0) is 11.3 Å². The van der Waals surface area contributed by atoms with Crippen molar-refractivity contribution in [2.24, 2.45) is 0 Å². The van der Waals surface area contributed by atoms with Gasteiger partial charge < -0.3 is 10.6 Å². The molecule has 0 radical (unpaired) electrons. The molecule has 2 heterocycles. The predicted molar refractivity (Wildman–Crippen MR) is 64.8 cm³/mol. The minimum absolute atomic E-state index is 0.120.